The third-order valence-corrected chi connectivity index (χ3v) is 4.14. The van der Waals surface area contributed by atoms with Gasteiger partial charge in [-0.05, 0) is 18.4 Å². The summed E-state index contributed by atoms with van der Waals surface area (Å²) in [6, 6.07) is 9.35. The summed E-state index contributed by atoms with van der Waals surface area (Å²) in [5.74, 6) is 0.102. The molecule has 108 valence electrons. The Hall–Kier alpha value is -1.84. The predicted molar refractivity (Wildman–Crippen MR) is 78.0 cm³/mol. The normalized spacial score (nSPS) is 22.4. The van der Waals surface area contributed by atoms with E-state index < -0.39 is 6.04 Å². The summed E-state index contributed by atoms with van der Waals surface area (Å²) in [5.41, 5.74) is 1.05. The van der Waals surface area contributed by atoms with Crippen molar-refractivity contribution in [2.24, 2.45) is 5.92 Å². The lowest BCUT2D eigenvalue weighted by Gasteiger charge is -2.38. The summed E-state index contributed by atoms with van der Waals surface area (Å²) in [6.07, 6.45) is 0.865. The van der Waals surface area contributed by atoms with Crippen molar-refractivity contribution >= 4 is 11.8 Å². The average Bonchev–Trinajstić information content (AvgIpc) is 2.48. The molecule has 0 saturated carbocycles. The molecule has 0 bridgehead atoms. The average molecular weight is 274 g/mol. The van der Waals surface area contributed by atoms with Crippen LogP contribution in [0.4, 0.5) is 0 Å². The molecule has 1 aliphatic heterocycles. The molecule has 1 heterocycles. The van der Waals surface area contributed by atoms with Crippen LogP contribution in [0, 0.1) is 5.92 Å². The minimum absolute atomic E-state index is 0.0234. The maximum absolute atomic E-state index is 12.6. The van der Waals surface area contributed by atoms with Gasteiger partial charge in [-0.1, -0.05) is 50.6 Å². The van der Waals surface area contributed by atoms with Gasteiger partial charge in [0.25, 0.3) is 0 Å². The SMILES string of the molecule is CCC(C)C1NC(=O)CN(C(C)c2ccccc2)C1=O. The Balaban J connectivity index is 2.22. The van der Waals surface area contributed by atoms with Crippen LogP contribution in [0.1, 0.15) is 38.8 Å². The Kier molecular flexibility index (Phi) is 4.42. The third-order valence-electron chi connectivity index (χ3n) is 4.14. The first kappa shape index (κ1) is 14.6. The van der Waals surface area contributed by atoms with Gasteiger partial charge in [-0.25, -0.2) is 0 Å². The topological polar surface area (TPSA) is 49.4 Å². The minimum atomic E-state index is -0.396. The molecule has 0 aromatic heterocycles. The van der Waals surface area contributed by atoms with Crippen molar-refractivity contribution in [2.75, 3.05) is 6.54 Å². The molecule has 1 fully saturated rings. The molecule has 1 aromatic carbocycles. The van der Waals surface area contributed by atoms with E-state index in [4.69, 9.17) is 0 Å². The number of rotatable bonds is 4. The van der Waals surface area contributed by atoms with E-state index in [0.717, 1.165) is 12.0 Å². The van der Waals surface area contributed by atoms with Crippen LogP contribution >= 0.6 is 0 Å². The van der Waals surface area contributed by atoms with Crippen molar-refractivity contribution in [3.63, 3.8) is 0 Å². The van der Waals surface area contributed by atoms with E-state index >= 15 is 0 Å². The lowest BCUT2D eigenvalue weighted by atomic mass is 9.94. The van der Waals surface area contributed by atoms with Crippen LogP contribution in [0.3, 0.4) is 0 Å². The second-order valence-electron chi connectivity index (χ2n) is 5.48. The lowest BCUT2D eigenvalue weighted by Crippen LogP contribution is -2.60. The van der Waals surface area contributed by atoms with Crippen LogP contribution in [-0.4, -0.2) is 29.3 Å². The molecule has 0 radical (unpaired) electrons. The number of nitrogens with one attached hydrogen (secondary N) is 1. The zero-order chi connectivity index (χ0) is 14.7. The van der Waals surface area contributed by atoms with Crippen molar-refractivity contribution in [2.45, 2.75) is 39.3 Å². The maximum atomic E-state index is 12.6. The molecular weight excluding hydrogens is 252 g/mol. The second-order valence-corrected chi connectivity index (χ2v) is 5.48. The van der Waals surface area contributed by atoms with Gasteiger partial charge in [-0.3, -0.25) is 9.59 Å². The van der Waals surface area contributed by atoms with Gasteiger partial charge >= 0.3 is 0 Å². The maximum Gasteiger partial charge on any atom is 0.246 e. The molecule has 2 amide bonds. The van der Waals surface area contributed by atoms with Gasteiger partial charge in [0, 0.05) is 0 Å². The molecule has 20 heavy (non-hydrogen) atoms. The Bertz CT molecular complexity index is 487. The van der Waals surface area contributed by atoms with Crippen LogP contribution in [0.5, 0.6) is 0 Å². The van der Waals surface area contributed by atoms with Gasteiger partial charge in [0.2, 0.25) is 11.8 Å². The number of amides is 2. The number of benzene rings is 1. The molecule has 1 N–H and O–H groups in total. The van der Waals surface area contributed by atoms with E-state index in [9.17, 15) is 9.59 Å². The standard InChI is InChI=1S/C16H22N2O2/c1-4-11(2)15-16(20)18(10-14(19)17-15)12(3)13-8-6-5-7-9-13/h5-9,11-12,15H,4,10H2,1-3H3,(H,17,19). The first-order valence-electron chi connectivity index (χ1n) is 7.19. The van der Waals surface area contributed by atoms with Gasteiger partial charge in [0.1, 0.15) is 12.6 Å². The van der Waals surface area contributed by atoms with Crippen molar-refractivity contribution in [1.82, 2.24) is 10.2 Å². The third kappa shape index (κ3) is 2.84. The monoisotopic (exact) mass is 274 g/mol. The molecule has 3 unspecified atom stereocenters. The molecule has 3 atom stereocenters. The van der Waals surface area contributed by atoms with Gasteiger partial charge in [0.05, 0.1) is 6.04 Å². The Labute approximate surface area is 120 Å². The molecule has 1 saturated heterocycles. The highest BCUT2D eigenvalue weighted by Crippen LogP contribution is 2.24. The number of hydrogen-bond acceptors (Lipinski definition) is 2. The summed E-state index contributed by atoms with van der Waals surface area (Å²) in [4.78, 5) is 26.2. The fourth-order valence-corrected chi connectivity index (χ4v) is 2.55. The van der Waals surface area contributed by atoms with Crippen molar-refractivity contribution in [1.29, 1.82) is 0 Å². The van der Waals surface area contributed by atoms with Crippen LogP contribution in [0.25, 0.3) is 0 Å². The Morgan fingerprint density at radius 1 is 1.25 bits per heavy atom. The second kappa shape index (κ2) is 6.07. The highest BCUT2D eigenvalue weighted by atomic mass is 16.2. The summed E-state index contributed by atoms with van der Waals surface area (Å²) < 4.78 is 0. The smallest absolute Gasteiger partial charge is 0.246 e. The quantitative estimate of drug-likeness (QED) is 0.914. The molecule has 4 nitrogen and oxygen atoms in total. The van der Waals surface area contributed by atoms with Crippen molar-refractivity contribution in [3.05, 3.63) is 35.9 Å². The van der Waals surface area contributed by atoms with E-state index in [0.29, 0.717) is 0 Å². The fourth-order valence-electron chi connectivity index (χ4n) is 2.55. The zero-order valence-electron chi connectivity index (χ0n) is 12.3. The Morgan fingerprint density at radius 3 is 2.50 bits per heavy atom. The highest BCUT2D eigenvalue weighted by molar-refractivity contribution is 5.95. The van der Waals surface area contributed by atoms with E-state index in [2.05, 4.69) is 5.32 Å². The summed E-state index contributed by atoms with van der Waals surface area (Å²) >= 11 is 0. The van der Waals surface area contributed by atoms with E-state index in [1.165, 1.54) is 0 Å². The molecular formula is C16H22N2O2. The Morgan fingerprint density at radius 2 is 1.90 bits per heavy atom. The molecule has 0 aliphatic carbocycles. The van der Waals surface area contributed by atoms with Crippen molar-refractivity contribution in [3.8, 4) is 0 Å². The van der Waals surface area contributed by atoms with E-state index in [1.807, 2.05) is 51.1 Å². The fraction of sp³-hybridized carbons (Fsp3) is 0.500. The van der Waals surface area contributed by atoms with Crippen molar-refractivity contribution < 1.29 is 9.59 Å². The number of piperazine rings is 1. The first-order chi connectivity index (χ1) is 9.54. The molecule has 0 spiro atoms. The van der Waals surface area contributed by atoms with E-state index in [-0.39, 0.29) is 30.3 Å². The largest absolute Gasteiger partial charge is 0.342 e. The van der Waals surface area contributed by atoms with Crippen LogP contribution in [0.2, 0.25) is 0 Å². The number of carbonyl (C=O) groups excluding carboxylic acids is 2. The van der Waals surface area contributed by atoms with Gasteiger partial charge in [0.15, 0.2) is 0 Å². The number of hydrogen-bond donors (Lipinski definition) is 1. The van der Waals surface area contributed by atoms with Gasteiger partial charge < -0.3 is 10.2 Å². The van der Waals surface area contributed by atoms with Gasteiger partial charge in [-0.15, -0.1) is 0 Å². The first-order valence-corrected chi connectivity index (χ1v) is 7.19. The van der Waals surface area contributed by atoms with Crippen LogP contribution in [-0.2, 0) is 9.59 Å². The number of carbonyl (C=O) groups is 2. The molecule has 2 rings (SSSR count). The van der Waals surface area contributed by atoms with E-state index in [1.54, 1.807) is 4.90 Å². The summed E-state index contributed by atoms with van der Waals surface area (Å²) in [6.45, 7) is 6.14. The summed E-state index contributed by atoms with van der Waals surface area (Å²) in [5, 5.41) is 2.82. The lowest BCUT2D eigenvalue weighted by molar-refractivity contribution is -0.148. The molecule has 4 heteroatoms. The van der Waals surface area contributed by atoms with Crippen LogP contribution < -0.4 is 5.32 Å². The zero-order valence-corrected chi connectivity index (χ0v) is 12.3. The van der Waals surface area contributed by atoms with Crippen LogP contribution in [0.15, 0.2) is 30.3 Å². The predicted octanol–water partition coefficient (Wildman–Crippen LogP) is 2.12. The summed E-state index contributed by atoms with van der Waals surface area (Å²) in [7, 11) is 0. The van der Waals surface area contributed by atoms with Gasteiger partial charge in [-0.2, -0.15) is 0 Å². The highest BCUT2D eigenvalue weighted by Gasteiger charge is 2.37. The molecule has 1 aliphatic rings. The minimum Gasteiger partial charge on any atom is -0.342 e. The molecule has 1 aromatic rings. The number of nitrogens with zero attached hydrogens (tertiary/aromatic N) is 1.